The molecule has 0 saturated carbocycles. The molecule has 0 bridgehead atoms. The van der Waals surface area contributed by atoms with Crippen LogP contribution in [0.15, 0.2) is 35.7 Å². The van der Waals surface area contributed by atoms with Crippen LogP contribution in [-0.4, -0.2) is 18.4 Å². The summed E-state index contributed by atoms with van der Waals surface area (Å²) in [5.74, 6) is 1.44. The van der Waals surface area contributed by atoms with E-state index in [-0.39, 0.29) is 5.92 Å². The fraction of sp³-hybridized carbons (Fsp3) is 0.400. The second kappa shape index (κ2) is 8.30. The Morgan fingerprint density at radius 2 is 2.16 bits per heavy atom. The predicted molar refractivity (Wildman–Crippen MR) is 100.0 cm³/mol. The van der Waals surface area contributed by atoms with Gasteiger partial charge in [0, 0.05) is 11.3 Å². The van der Waals surface area contributed by atoms with Crippen molar-refractivity contribution in [1.82, 2.24) is 4.98 Å². The Morgan fingerprint density at radius 3 is 2.80 bits per heavy atom. The minimum absolute atomic E-state index is 0.136. The van der Waals surface area contributed by atoms with Gasteiger partial charge in [0.25, 0.3) is 5.19 Å². The highest BCUT2D eigenvalue weighted by molar-refractivity contribution is 7.11. The summed E-state index contributed by atoms with van der Waals surface area (Å²) in [7, 11) is 1.66. The second-order valence-electron chi connectivity index (χ2n) is 6.39. The zero-order valence-corrected chi connectivity index (χ0v) is 15.4. The number of thiazole rings is 1. The number of carbonyl (C=O) groups excluding carboxylic acids is 1. The third kappa shape index (κ3) is 4.48. The van der Waals surface area contributed by atoms with Gasteiger partial charge >= 0.3 is 0 Å². The van der Waals surface area contributed by atoms with E-state index >= 15 is 0 Å². The minimum atomic E-state index is 0.136. The van der Waals surface area contributed by atoms with E-state index in [0.29, 0.717) is 17.7 Å². The molecule has 2 unspecified atom stereocenters. The lowest BCUT2D eigenvalue weighted by Gasteiger charge is -2.23. The van der Waals surface area contributed by atoms with Crippen molar-refractivity contribution in [3.63, 3.8) is 0 Å². The van der Waals surface area contributed by atoms with Gasteiger partial charge < -0.3 is 14.3 Å². The maximum atomic E-state index is 10.9. The zero-order chi connectivity index (χ0) is 17.6. The molecule has 4 nitrogen and oxygen atoms in total. The highest BCUT2D eigenvalue weighted by Gasteiger charge is 2.21. The summed E-state index contributed by atoms with van der Waals surface area (Å²) in [6.45, 7) is 2.50. The molecule has 0 radical (unpaired) electrons. The Labute approximate surface area is 152 Å². The van der Waals surface area contributed by atoms with E-state index in [2.05, 4.69) is 16.4 Å². The number of aromatic nitrogens is 1. The summed E-state index contributed by atoms with van der Waals surface area (Å²) in [6, 6.07) is 7.84. The predicted octanol–water partition coefficient (Wildman–Crippen LogP) is 4.75. The highest BCUT2D eigenvalue weighted by atomic mass is 32.1. The number of hydrogen-bond donors (Lipinski definition) is 0. The smallest absolute Gasteiger partial charge is 0.274 e. The van der Waals surface area contributed by atoms with Crippen LogP contribution in [-0.2, 0) is 11.4 Å². The molecule has 0 aliphatic heterocycles. The van der Waals surface area contributed by atoms with E-state index < -0.39 is 0 Å². The monoisotopic (exact) mass is 357 g/mol. The van der Waals surface area contributed by atoms with Crippen molar-refractivity contribution in [1.29, 1.82) is 0 Å². The third-order valence-electron chi connectivity index (χ3n) is 4.74. The summed E-state index contributed by atoms with van der Waals surface area (Å²) in [6.07, 6.45) is 6.28. The second-order valence-corrected chi connectivity index (χ2v) is 7.22. The average Bonchev–Trinajstić information content (AvgIpc) is 3.15. The number of hydrogen-bond acceptors (Lipinski definition) is 5. The molecule has 1 aromatic heterocycles. The molecule has 1 aromatic carbocycles. The van der Waals surface area contributed by atoms with Crippen molar-refractivity contribution in [2.75, 3.05) is 7.11 Å². The van der Waals surface area contributed by atoms with Crippen LogP contribution in [0.5, 0.6) is 10.9 Å². The summed E-state index contributed by atoms with van der Waals surface area (Å²) < 4.78 is 11.0. The minimum Gasteiger partial charge on any atom is -0.497 e. The number of rotatable bonds is 7. The number of nitrogens with zero attached hydrogens (tertiary/aromatic N) is 1. The van der Waals surface area contributed by atoms with Crippen molar-refractivity contribution in [3.05, 3.63) is 47.0 Å². The van der Waals surface area contributed by atoms with Crippen molar-refractivity contribution >= 4 is 23.2 Å². The lowest BCUT2D eigenvalue weighted by Crippen LogP contribution is -2.15. The van der Waals surface area contributed by atoms with Gasteiger partial charge in [0.1, 0.15) is 18.6 Å². The zero-order valence-electron chi connectivity index (χ0n) is 14.6. The molecule has 0 N–H and O–H groups in total. The first-order valence-electron chi connectivity index (χ1n) is 8.55. The number of ether oxygens (including phenoxy) is 2. The molecule has 2 atom stereocenters. The Kier molecular flexibility index (Phi) is 5.87. The quantitative estimate of drug-likeness (QED) is 0.671. The Bertz CT molecular complexity index is 736. The molecule has 1 aliphatic rings. The number of aldehydes is 1. The van der Waals surface area contributed by atoms with E-state index in [1.807, 2.05) is 31.2 Å². The lowest BCUT2D eigenvalue weighted by molar-refractivity contribution is -0.112. The number of carbonyl (C=O) groups is 1. The SMILES string of the molecule is COc1ccc(COc2nc(C3=CCC(C(C)C=O)CC3)cs2)cc1. The molecule has 0 saturated heterocycles. The maximum Gasteiger partial charge on any atom is 0.274 e. The molecule has 1 heterocycles. The van der Waals surface area contributed by atoms with Gasteiger partial charge in [-0.05, 0) is 48.4 Å². The van der Waals surface area contributed by atoms with Crippen LogP contribution in [0.1, 0.15) is 37.4 Å². The highest BCUT2D eigenvalue weighted by Crippen LogP contribution is 2.35. The normalized spacial score (nSPS) is 18.3. The van der Waals surface area contributed by atoms with E-state index in [4.69, 9.17) is 9.47 Å². The molecule has 1 aliphatic carbocycles. The molecule has 132 valence electrons. The first-order valence-corrected chi connectivity index (χ1v) is 9.43. The van der Waals surface area contributed by atoms with Gasteiger partial charge in [0.05, 0.1) is 12.8 Å². The Morgan fingerprint density at radius 1 is 1.36 bits per heavy atom. The number of methoxy groups -OCH3 is 1. The fourth-order valence-corrected chi connectivity index (χ4v) is 3.71. The van der Waals surface area contributed by atoms with E-state index in [9.17, 15) is 4.79 Å². The van der Waals surface area contributed by atoms with Crippen LogP contribution >= 0.6 is 11.3 Å². The summed E-state index contributed by atoms with van der Waals surface area (Å²) in [5, 5.41) is 2.74. The van der Waals surface area contributed by atoms with E-state index in [1.165, 1.54) is 16.9 Å². The third-order valence-corrected chi connectivity index (χ3v) is 5.50. The van der Waals surface area contributed by atoms with Crippen LogP contribution in [0, 0.1) is 11.8 Å². The van der Waals surface area contributed by atoms with Gasteiger partial charge in [-0.1, -0.05) is 36.5 Å². The van der Waals surface area contributed by atoms with E-state index in [1.54, 1.807) is 7.11 Å². The summed E-state index contributed by atoms with van der Waals surface area (Å²) in [4.78, 5) is 15.5. The molecule has 25 heavy (non-hydrogen) atoms. The van der Waals surface area contributed by atoms with Crippen molar-refractivity contribution in [3.8, 4) is 10.9 Å². The molecule has 0 fully saturated rings. The lowest BCUT2D eigenvalue weighted by atomic mass is 9.81. The first kappa shape index (κ1) is 17.7. The van der Waals surface area contributed by atoms with Gasteiger partial charge in [-0.2, -0.15) is 0 Å². The van der Waals surface area contributed by atoms with Crippen molar-refractivity contribution in [2.45, 2.75) is 32.8 Å². The summed E-state index contributed by atoms with van der Waals surface area (Å²) in [5.41, 5.74) is 3.36. The van der Waals surface area contributed by atoms with Crippen molar-refractivity contribution < 1.29 is 14.3 Å². The molecule has 3 rings (SSSR count). The number of benzene rings is 1. The Hall–Kier alpha value is -2.14. The van der Waals surface area contributed by atoms with Crippen LogP contribution in [0.25, 0.3) is 5.57 Å². The van der Waals surface area contributed by atoms with Crippen LogP contribution in [0.4, 0.5) is 0 Å². The maximum absolute atomic E-state index is 10.9. The van der Waals surface area contributed by atoms with Gasteiger partial charge in [-0.25, -0.2) is 4.98 Å². The van der Waals surface area contributed by atoms with Crippen molar-refractivity contribution in [2.24, 2.45) is 11.8 Å². The molecule has 2 aromatic rings. The molecule has 5 heteroatoms. The standard InChI is InChI=1S/C20H23NO3S/c1-14(11-22)16-5-7-17(8-6-16)19-13-25-20(21-19)24-12-15-3-9-18(23-2)10-4-15/h3-4,7,9-11,13-14,16H,5-6,8,12H2,1-2H3. The summed E-state index contributed by atoms with van der Waals surface area (Å²) >= 11 is 1.53. The Balaban J connectivity index is 1.57. The first-order chi connectivity index (χ1) is 12.2. The molecule has 0 amide bonds. The van der Waals surface area contributed by atoms with Crippen LogP contribution in [0.2, 0.25) is 0 Å². The average molecular weight is 357 g/mol. The molecular weight excluding hydrogens is 334 g/mol. The van der Waals surface area contributed by atoms with Gasteiger partial charge in [-0.15, -0.1) is 0 Å². The number of allylic oxidation sites excluding steroid dienone is 2. The fourth-order valence-electron chi connectivity index (χ4n) is 3.01. The molecule has 0 spiro atoms. The molecular formula is C20H23NO3S. The van der Waals surface area contributed by atoms with Gasteiger partial charge in [0.2, 0.25) is 0 Å². The largest absolute Gasteiger partial charge is 0.497 e. The van der Waals surface area contributed by atoms with Gasteiger partial charge in [0.15, 0.2) is 0 Å². The van der Waals surface area contributed by atoms with Gasteiger partial charge in [-0.3, -0.25) is 0 Å². The van der Waals surface area contributed by atoms with Crippen LogP contribution < -0.4 is 9.47 Å². The van der Waals surface area contributed by atoms with E-state index in [0.717, 1.165) is 42.6 Å². The van der Waals surface area contributed by atoms with Crippen LogP contribution in [0.3, 0.4) is 0 Å². The topological polar surface area (TPSA) is 48.4 Å².